The number of hydrazone groups is 1. The van der Waals surface area contributed by atoms with Crippen molar-refractivity contribution in [1.82, 2.24) is 10.2 Å². The van der Waals surface area contributed by atoms with Crippen molar-refractivity contribution in [1.29, 1.82) is 0 Å². The van der Waals surface area contributed by atoms with Crippen LogP contribution >= 0.6 is 0 Å². The smallest absolute Gasteiger partial charge is 0.176 e. The summed E-state index contributed by atoms with van der Waals surface area (Å²) in [6.07, 6.45) is 11.1. The molecule has 5 nitrogen and oxygen atoms in total. The number of rotatable bonds is 11. The van der Waals surface area contributed by atoms with Crippen LogP contribution in [0, 0.1) is 0 Å². The summed E-state index contributed by atoms with van der Waals surface area (Å²) in [7, 11) is 0. The van der Waals surface area contributed by atoms with Gasteiger partial charge in [-0.2, -0.15) is 10.2 Å². The molecule has 0 saturated heterocycles. The second-order valence-corrected chi connectivity index (χ2v) is 6.84. The molecule has 0 saturated carbocycles. The van der Waals surface area contributed by atoms with E-state index in [4.69, 9.17) is 4.74 Å². The Hall–Kier alpha value is -2.95. The summed E-state index contributed by atoms with van der Waals surface area (Å²) >= 11 is 0. The molecule has 0 amide bonds. The summed E-state index contributed by atoms with van der Waals surface area (Å²) in [5, 5.41) is 14.4. The van der Waals surface area contributed by atoms with Crippen molar-refractivity contribution in [2.75, 3.05) is 12.0 Å². The molecule has 1 N–H and O–H groups in total. The number of aromatic nitrogens is 2. The first-order valence-corrected chi connectivity index (χ1v) is 10.1. The maximum Gasteiger partial charge on any atom is 0.176 e. The molecule has 2 aromatic carbocycles. The molecule has 3 rings (SSSR count). The third kappa shape index (κ3) is 6.05. The molecule has 5 heteroatoms. The molecule has 0 aliphatic carbocycles. The average Bonchev–Trinajstić information content (AvgIpc) is 2.74. The molecule has 0 radical (unpaired) electrons. The second-order valence-electron chi connectivity index (χ2n) is 6.84. The van der Waals surface area contributed by atoms with E-state index in [1.807, 2.05) is 48.5 Å². The Balaban J connectivity index is 1.45. The van der Waals surface area contributed by atoms with Crippen LogP contribution < -0.4 is 10.2 Å². The highest BCUT2D eigenvalue weighted by atomic mass is 16.5. The van der Waals surface area contributed by atoms with E-state index in [2.05, 4.69) is 27.6 Å². The van der Waals surface area contributed by atoms with E-state index in [0.29, 0.717) is 5.82 Å². The first-order valence-electron chi connectivity index (χ1n) is 10.1. The third-order valence-corrected chi connectivity index (χ3v) is 4.60. The van der Waals surface area contributed by atoms with E-state index < -0.39 is 0 Å². The van der Waals surface area contributed by atoms with Crippen LogP contribution in [-0.4, -0.2) is 23.0 Å². The minimum atomic E-state index is 0.647. The fourth-order valence-electron chi connectivity index (χ4n) is 3.00. The molecule has 3 aromatic rings. The Labute approximate surface area is 166 Å². The van der Waals surface area contributed by atoms with Crippen LogP contribution in [0.15, 0.2) is 59.8 Å². The Morgan fingerprint density at radius 2 is 1.75 bits per heavy atom. The fraction of sp³-hybridized carbons (Fsp3) is 0.348. The van der Waals surface area contributed by atoms with Gasteiger partial charge in [-0.15, -0.1) is 5.10 Å². The van der Waals surface area contributed by atoms with Gasteiger partial charge in [0.25, 0.3) is 0 Å². The monoisotopic (exact) mass is 376 g/mol. The number of benzene rings is 2. The summed E-state index contributed by atoms with van der Waals surface area (Å²) in [5.41, 5.74) is 3.97. The predicted molar refractivity (Wildman–Crippen MR) is 116 cm³/mol. The number of unbranched alkanes of at least 4 members (excludes halogenated alkanes) is 5. The van der Waals surface area contributed by atoms with Crippen molar-refractivity contribution in [3.8, 4) is 5.75 Å². The number of fused-ring (bicyclic) bond motifs is 1. The maximum absolute atomic E-state index is 5.81. The van der Waals surface area contributed by atoms with Gasteiger partial charge in [0, 0.05) is 10.8 Å². The summed E-state index contributed by atoms with van der Waals surface area (Å²) < 4.78 is 5.81. The van der Waals surface area contributed by atoms with Crippen molar-refractivity contribution in [2.45, 2.75) is 45.4 Å². The number of ether oxygens (including phenoxy) is 1. The first kappa shape index (κ1) is 19.8. The molecular formula is C23H28N4O. The van der Waals surface area contributed by atoms with Crippen molar-refractivity contribution in [3.05, 3.63) is 60.3 Å². The van der Waals surface area contributed by atoms with E-state index in [9.17, 15) is 0 Å². The molecule has 0 fully saturated rings. The van der Waals surface area contributed by atoms with E-state index >= 15 is 0 Å². The summed E-state index contributed by atoms with van der Waals surface area (Å²) in [6, 6.07) is 15.9. The molecule has 146 valence electrons. The lowest BCUT2D eigenvalue weighted by Gasteiger charge is -2.06. The minimum Gasteiger partial charge on any atom is -0.494 e. The van der Waals surface area contributed by atoms with Crippen molar-refractivity contribution < 1.29 is 4.74 Å². The van der Waals surface area contributed by atoms with Gasteiger partial charge >= 0.3 is 0 Å². The third-order valence-electron chi connectivity index (χ3n) is 4.60. The summed E-state index contributed by atoms with van der Waals surface area (Å²) in [5.74, 6) is 1.55. The van der Waals surface area contributed by atoms with Crippen molar-refractivity contribution in [2.24, 2.45) is 5.10 Å². The summed E-state index contributed by atoms with van der Waals surface area (Å²) in [6.45, 7) is 3.02. The maximum atomic E-state index is 5.81. The SMILES string of the molecule is CCCCCCCCOc1ccc(/C=N/Nc2nncc3ccccc23)cc1. The van der Waals surface area contributed by atoms with Gasteiger partial charge in [-0.25, -0.2) is 0 Å². The summed E-state index contributed by atoms with van der Waals surface area (Å²) in [4.78, 5) is 0. The van der Waals surface area contributed by atoms with Gasteiger partial charge in [0.1, 0.15) is 5.75 Å². The van der Waals surface area contributed by atoms with E-state index in [1.165, 1.54) is 32.1 Å². The molecule has 0 aliphatic rings. The van der Waals surface area contributed by atoms with Gasteiger partial charge in [-0.3, -0.25) is 5.43 Å². The Morgan fingerprint density at radius 1 is 0.964 bits per heavy atom. The normalized spacial score (nSPS) is 11.2. The second kappa shape index (κ2) is 11.0. The van der Waals surface area contributed by atoms with E-state index in [0.717, 1.165) is 35.1 Å². The van der Waals surface area contributed by atoms with Crippen LogP contribution in [0.1, 0.15) is 51.0 Å². The van der Waals surface area contributed by atoms with Crippen molar-refractivity contribution in [3.63, 3.8) is 0 Å². The standard InChI is InChI=1S/C23H28N4O/c1-2-3-4-5-6-9-16-28-21-14-12-19(13-15-21)17-24-26-23-22-11-8-7-10-20(22)18-25-27-23/h7-8,10-15,17-18H,2-6,9,16H2,1H3,(H,26,27)/b24-17+. The molecule has 0 bridgehead atoms. The lowest BCUT2D eigenvalue weighted by molar-refractivity contribution is 0.304. The van der Waals surface area contributed by atoms with Gasteiger partial charge < -0.3 is 4.74 Å². The van der Waals surface area contributed by atoms with Gasteiger partial charge in [-0.1, -0.05) is 63.3 Å². The molecule has 1 aromatic heterocycles. The van der Waals surface area contributed by atoms with Gasteiger partial charge in [0.15, 0.2) is 5.82 Å². The number of anilines is 1. The van der Waals surface area contributed by atoms with Gasteiger partial charge in [0.2, 0.25) is 0 Å². The number of hydrogen-bond acceptors (Lipinski definition) is 5. The van der Waals surface area contributed by atoms with Crippen LogP contribution in [0.5, 0.6) is 5.75 Å². The predicted octanol–water partition coefficient (Wildman–Crippen LogP) is 5.82. The molecular weight excluding hydrogens is 348 g/mol. The molecule has 0 unspecified atom stereocenters. The Bertz CT molecular complexity index is 872. The lowest BCUT2D eigenvalue weighted by Crippen LogP contribution is -1.98. The van der Waals surface area contributed by atoms with Crippen LogP contribution in [0.3, 0.4) is 0 Å². The zero-order chi connectivity index (χ0) is 19.4. The van der Waals surface area contributed by atoms with Crippen LogP contribution in [0.25, 0.3) is 10.8 Å². The minimum absolute atomic E-state index is 0.647. The van der Waals surface area contributed by atoms with Crippen LogP contribution in [0.2, 0.25) is 0 Å². The first-order chi connectivity index (χ1) is 13.9. The van der Waals surface area contributed by atoms with Gasteiger partial charge in [-0.05, 0) is 36.2 Å². The van der Waals surface area contributed by atoms with Gasteiger partial charge in [0.05, 0.1) is 19.0 Å². The zero-order valence-corrected chi connectivity index (χ0v) is 16.5. The van der Waals surface area contributed by atoms with E-state index in [-0.39, 0.29) is 0 Å². The fourth-order valence-corrected chi connectivity index (χ4v) is 3.00. The number of hydrogen-bond donors (Lipinski definition) is 1. The lowest BCUT2D eigenvalue weighted by atomic mass is 10.1. The number of nitrogens with one attached hydrogen (secondary N) is 1. The topological polar surface area (TPSA) is 59.4 Å². The zero-order valence-electron chi connectivity index (χ0n) is 16.5. The molecule has 28 heavy (non-hydrogen) atoms. The molecule has 0 aliphatic heterocycles. The van der Waals surface area contributed by atoms with Crippen LogP contribution in [-0.2, 0) is 0 Å². The Morgan fingerprint density at radius 3 is 2.61 bits per heavy atom. The quantitative estimate of drug-likeness (QED) is 0.260. The average molecular weight is 377 g/mol. The highest BCUT2D eigenvalue weighted by Gasteiger charge is 2.01. The highest BCUT2D eigenvalue weighted by Crippen LogP contribution is 2.19. The van der Waals surface area contributed by atoms with Crippen molar-refractivity contribution >= 4 is 22.8 Å². The Kier molecular flexibility index (Phi) is 7.79. The molecule has 0 spiro atoms. The number of nitrogens with zero attached hydrogens (tertiary/aromatic N) is 3. The highest BCUT2D eigenvalue weighted by molar-refractivity contribution is 5.91. The van der Waals surface area contributed by atoms with Crippen LogP contribution in [0.4, 0.5) is 5.82 Å². The molecule has 0 atom stereocenters. The largest absolute Gasteiger partial charge is 0.494 e. The molecule has 1 heterocycles. The van der Waals surface area contributed by atoms with E-state index in [1.54, 1.807) is 12.4 Å².